The van der Waals surface area contributed by atoms with Gasteiger partial charge in [-0.2, -0.15) is 26.3 Å². The summed E-state index contributed by atoms with van der Waals surface area (Å²) in [7, 11) is 0. The molecule has 4 atom stereocenters. The second-order valence-corrected chi connectivity index (χ2v) is 11.2. The molecule has 3 aliphatic carbocycles. The van der Waals surface area contributed by atoms with Crippen LogP contribution >= 0.6 is 0 Å². The number of benzene rings is 2. The topological polar surface area (TPSA) is 91.8 Å². The van der Waals surface area contributed by atoms with Crippen LogP contribution < -0.4 is 4.90 Å². The molecule has 1 heterocycles. The number of Topliss-reactive ketones (excluding diaryl/α,β-unsaturated/α-hetero) is 1. The van der Waals surface area contributed by atoms with Gasteiger partial charge >= 0.3 is 12.4 Å². The molecule has 1 saturated heterocycles. The van der Waals surface area contributed by atoms with Gasteiger partial charge in [0, 0.05) is 22.6 Å². The van der Waals surface area contributed by atoms with Gasteiger partial charge in [-0.25, -0.2) is 9.29 Å². The van der Waals surface area contributed by atoms with Gasteiger partial charge in [0.05, 0.1) is 28.7 Å². The summed E-state index contributed by atoms with van der Waals surface area (Å²) >= 11 is 0. The van der Waals surface area contributed by atoms with Gasteiger partial charge in [0.25, 0.3) is 0 Å². The number of anilines is 1. The molecule has 0 aromatic heterocycles. The van der Waals surface area contributed by atoms with Crippen molar-refractivity contribution in [1.82, 2.24) is 0 Å². The third kappa shape index (κ3) is 4.47. The van der Waals surface area contributed by atoms with Crippen LogP contribution in [0, 0.1) is 23.6 Å². The van der Waals surface area contributed by atoms with Crippen LogP contribution in [0.3, 0.4) is 0 Å². The predicted molar refractivity (Wildman–Crippen MR) is 138 cm³/mol. The third-order valence-corrected chi connectivity index (χ3v) is 8.70. The Bertz CT molecular complexity index is 1750. The number of aromatic hydroxyl groups is 1. The number of rotatable bonds is 2. The highest BCUT2D eigenvalue weighted by Crippen LogP contribution is 2.56. The first kappa shape index (κ1) is 29.5. The molecule has 2 aromatic carbocycles. The summed E-state index contributed by atoms with van der Waals surface area (Å²) in [5, 5.41) is 9.75. The molecule has 2 amide bonds. The summed E-state index contributed by atoms with van der Waals surface area (Å²) in [4.78, 5) is 54.2. The van der Waals surface area contributed by atoms with E-state index < -0.39 is 87.8 Å². The summed E-state index contributed by atoms with van der Waals surface area (Å²) in [6, 6.07) is 3.85. The molecule has 13 heteroatoms. The van der Waals surface area contributed by atoms with Gasteiger partial charge in [0.2, 0.25) is 11.8 Å². The maximum Gasteiger partial charge on any atom is 0.416 e. The van der Waals surface area contributed by atoms with E-state index in [1.54, 1.807) is 6.08 Å². The van der Waals surface area contributed by atoms with Crippen molar-refractivity contribution in [2.75, 3.05) is 4.90 Å². The van der Waals surface area contributed by atoms with E-state index in [9.17, 15) is 55.0 Å². The SMILES string of the molecule is CC1=CC(=O)C2=C(C1=O)C(c1ccc(O)c(F)c1)C1=CCC3C(=O)N(c4cc(C(F)(F)F)cc(C(F)(F)F)c4)C(=O)C3C1C2. The number of hydrogen-bond acceptors (Lipinski definition) is 5. The Balaban J connectivity index is 1.48. The van der Waals surface area contributed by atoms with E-state index in [4.69, 9.17) is 0 Å². The van der Waals surface area contributed by atoms with Crippen LogP contribution in [0.1, 0.15) is 42.4 Å². The molecule has 0 radical (unpaired) electrons. The molecule has 6 rings (SSSR count). The number of fused-ring (bicyclic) bond motifs is 3. The summed E-state index contributed by atoms with van der Waals surface area (Å²) in [5.74, 6) is -9.31. The minimum Gasteiger partial charge on any atom is -0.505 e. The van der Waals surface area contributed by atoms with E-state index in [0.717, 1.165) is 18.2 Å². The predicted octanol–water partition coefficient (Wildman–Crippen LogP) is 6.20. The Morgan fingerprint density at radius 2 is 1.50 bits per heavy atom. The van der Waals surface area contributed by atoms with Crippen LogP contribution in [0.15, 0.2) is 70.8 Å². The number of carbonyl (C=O) groups is 4. The van der Waals surface area contributed by atoms with Gasteiger partial charge in [0.15, 0.2) is 23.1 Å². The van der Waals surface area contributed by atoms with Crippen LogP contribution in [0.5, 0.6) is 5.75 Å². The number of nitrogens with zero attached hydrogens (tertiary/aromatic N) is 1. The molecule has 44 heavy (non-hydrogen) atoms. The molecule has 4 aliphatic rings. The second-order valence-electron chi connectivity index (χ2n) is 11.2. The van der Waals surface area contributed by atoms with Gasteiger partial charge in [0.1, 0.15) is 0 Å². The smallest absolute Gasteiger partial charge is 0.416 e. The molecule has 4 unspecified atom stereocenters. The molecule has 0 saturated carbocycles. The molecular formula is C31H20F7NO5. The first-order valence-electron chi connectivity index (χ1n) is 13.3. The molecule has 0 spiro atoms. The van der Waals surface area contributed by atoms with Crippen LogP contribution in [0.2, 0.25) is 0 Å². The highest BCUT2D eigenvalue weighted by Gasteiger charge is 2.57. The standard InChI is InChI=1S/C31H20F7NO5/c1-12-6-23(41)20-11-19-17(24(26(20)27(12)42)13-2-5-22(40)21(32)7-13)3-4-18-25(19)29(44)39(28(18)43)16-9-14(30(33,34)35)8-15(10-16)31(36,37)38/h2-3,5-10,18-19,24-25,40H,4,11H2,1H3. The molecule has 1 aliphatic heterocycles. The van der Waals surface area contributed by atoms with Crippen molar-refractivity contribution in [3.8, 4) is 5.75 Å². The Morgan fingerprint density at radius 3 is 2.09 bits per heavy atom. The van der Waals surface area contributed by atoms with Gasteiger partial charge in [-0.15, -0.1) is 0 Å². The molecule has 228 valence electrons. The summed E-state index contributed by atoms with van der Waals surface area (Å²) in [5.41, 5.74) is -3.57. The fraction of sp³-hybridized carbons (Fsp3) is 0.290. The van der Waals surface area contributed by atoms with Gasteiger partial charge in [-0.1, -0.05) is 17.7 Å². The number of imide groups is 1. The zero-order chi connectivity index (χ0) is 32.0. The van der Waals surface area contributed by atoms with E-state index in [0.29, 0.717) is 22.6 Å². The number of halogens is 7. The maximum absolute atomic E-state index is 14.5. The molecule has 1 fully saturated rings. The van der Waals surface area contributed by atoms with Crippen LogP contribution in [-0.4, -0.2) is 28.5 Å². The maximum atomic E-state index is 14.5. The number of phenols is 1. The van der Waals surface area contributed by atoms with Crippen molar-refractivity contribution < 1.29 is 55.0 Å². The van der Waals surface area contributed by atoms with E-state index in [-0.39, 0.29) is 41.2 Å². The lowest BCUT2D eigenvalue weighted by Gasteiger charge is -2.42. The summed E-state index contributed by atoms with van der Waals surface area (Å²) in [6.45, 7) is 1.43. The quantitative estimate of drug-likeness (QED) is 0.187. The van der Waals surface area contributed by atoms with Crippen molar-refractivity contribution in [2.24, 2.45) is 17.8 Å². The summed E-state index contributed by atoms with van der Waals surface area (Å²) in [6.07, 6.45) is -8.14. The Hall–Kier alpha value is -4.55. The number of amides is 2. The van der Waals surface area contributed by atoms with E-state index in [1.165, 1.54) is 13.0 Å². The van der Waals surface area contributed by atoms with Gasteiger partial charge < -0.3 is 5.11 Å². The van der Waals surface area contributed by atoms with Crippen molar-refractivity contribution in [1.29, 1.82) is 0 Å². The zero-order valence-corrected chi connectivity index (χ0v) is 22.5. The molecule has 6 nitrogen and oxygen atoms in total. The van der Waals surface area contributed by atoms with Crippen molar-refractivity contribution in [3.63, 3.8) is 0 Å². The lowest BCUT2D eigenvalue weighted by Crippen LogP contribution is -2.39. The Morgan fingerprint density at radius 1 is 0.864 bits per heavy atom. The average molecular weight is 619 g/mol. The fourth-order valence-corrected chi connectivity index (χ4v) is 6.77. The minimum atomic E-state index is -5.22. The lowest BCUT2D eigenvalue weighted by molar-refractivity contribution is -0.143. The monoisotopic (exact) mass is 619 g/mol. The van der Waals surface area contributed by atoms with E-state index in [1.807, 2.05) is 0 Å². The number of phenolic OH excluding ortho intramolecular Hbond substituents is 1. The minimum absolute atomic E-state index is 0.0130. The van der Waals surface area contributed by atoms with Gasteiger partial charge in [-0.3, -0.25) is 19.2 Å². The number of ketones is 2. The summed E-state index contributed by atoms with van der Waals surface area (Å²) < 4.78 is 95.9. The third-order valence-electron chi connectivity index (χ3n) is 8.70. The first-order valence-corrected chi connectivity index (χ1v) is 13.3. The van der Waals surface area contributed by atoms with Crippen LogP contribution in [0.4, 0.5) is 36.4 Å². The number of allylic oxidation sites excluding steroid dienone is 6. The zero-order valence-electron chi connectivity index (χ0n) is 22.5. The normalized spacial score (nSPS) is 25.5. The highest BCUT2D eigenvalue weighted by molar-refractivity contribution is 6.25. The number of alkyl halides is 6. The molecular weight excluding hydrogens is 599 g/mol. The first-order chi connectivity index (χ1) is 20.5. The largest absolute Gasteiger partial charge is 0.505 e. The Labute approximate surface area is 244 Å². The van der Waals surface area contributed by atoms with Gasteiger partial charge in [-0.05, 0) is 67.7 Å². The Kier molecular flexibility index (Phi) is 6.53. The van der Waals surface area contributed by atoms with Crippen LogP contribution in [0.25, 0.3) is 0 Å². The van der Waals surface area contributed by atoms with Crippen molar-refractivity contribution in [2.45, 2.75) is 38.0 Å². The highest BCUT2D eigenvalue weighted by atomic mass is 19.4. The van der Waals surface area contributed by atoms with E-state index >= 15 is 0 Å². The number of carbonyl (C=O) groups excluding carboxylic acids is 4. The molecule has 0 bridgehead atoms. The average Bonchev–Trinajstić information content (AvgIpc) is 3.20. The fourth-order valence-electron chi connectivity index (χ4n) is 6.77. The lowest BCUT2D eigenvalue weighted by atomic mass is 9.59. The second kappa shape index (κ2) is 9.73. The van der Waals surface area contributed by atoms with Crippen LogP contribution in [-0.2, 0) is 31.5 Å². The number of hydrogen-bond donors (Lipinski definition) is 1. The molecule has 2 aromatic rings. The van der Waals surface area contributed by atoms with Crippen molar-refractivity contribution in [3.05, 3.63) is 93.4 Å². The van der Waals surface area contributed by atoms with Crippen molar-refractivity contribution >= 4 is 29.1 Å². The molecule has 1 N–H and O–H groups in total. The van der Waals surface area contributed by atoms with E-state index in [2.05, 4.69) is 0 Å².